The SMILES string of the molecule is CCc1ccccc1NC(=O)CNc1ccc([N+](=O)[O-])cc1Cl. The molecule has 0 aliphatic rings. The fourth-order valence-corrected chi connectivity index (χ4v) is 2.32. The third-order valence-electron chi connectivity index (χ3n) is 3.28. The van der Waals surface area contributed by atoms with Gasteiger partial charge in [0.05, 0.1) is 22.2 Å². The lowest BCUT2D eigenvalue weighted by Gasteiger charge is -2.11. The molecule has 0 aromatic heterocycles. The van der Waals surface area contributed by atoms with Crippen molar-refractivity contribution in [1.82, 2.24) is 0 Å². The van der Waals surface area contributed by atoms with Gasteiger partial charge in [-0.15, -0.1) is 0 Å². The highest BCUT2D eigenvalue weighted by Crippen LogP contribution is 2.26. The van der Waals surface area contributed by atoms with E-state index in [2.05, 4.69) is 10.6 Å². The maximum Gasteiger partial charge on any atom is 0.271 e. The normalized spacial score (nSPS) is 10.2. The Bertz CT molecular complexity index is 734. The summed E-state index contributed by atoms with van der Waals surface area (Å²) in [6.07, 6.45) is 0.818. The Labute approximate surface area is 138 Å². The molecule has 0 spiro atoms. The predicted molar refractivity (Wildman–Crippen MR) is 91.0 cm³/mol. The molecule has 120 valence electrons. The van der Waals surface area contributed by atoms with Crippen LogP contribution in [-0.4, -0.2) is 17.4 Å². The number of benzene rings is 2. The zero-order valence-electron chi connectivity index (χ0n) is 12.5. The molecule has 0 atom stereocenters. The van der Waals surface area contributed by atoms with Crippen LogP contribution in [0.4, 0.5) is 17.1 Å². The number of nitro benzene ring substituents is 1. The summed E-state index contributed by atoms with van der Waals surface area (Å²) in [5.41, 5.74) is 2.20. The third-order valence-corrected chi connectivity index (χ3v) is 3.59. The molecule has 0 saturated heterocycles. The molecule has 2 N–H and O–H groups in total. The van der Waals surface area contributed by atoms with E-state index in [0.717, 1.165) is 17.7 Å². The summed E-state index contributed by atoms with van der Waals surface area (Å²) in [5, 5.41) is 16.5. The molecule has 1 amide bonds. The maximum absolute atomic E-state index is 12.0. The van der Waals surface area contributed by atoms with Crippen molar-refractivity contribution in [3.63, 3.8) is 0 Å². The van der Waals surface area contributed by atoms with E-state index in [1.165, 1.54) is 18.2 Å². The second kappa shape index (κ2) is 7.60. The van der Waals surface area contributed by atoms with E-state index >= 15 is 0 Å². The van der Waals surface area contributed by atoms with E-state index in [1.54, 1.807) is 0 Å². The van der Waals surface area contributed by atoms with Gasteiger partial charge in [-0.05, 0) is 24.1 Å². The third kappa shape index (κ3) is 4.43. The van der Waals surface area contributed by atoms with E-state index in [9.17, 15) is 14.9 Å². The van der Waals surface area contributed by atoms with Crippen LogP contribution < -0.4 is 10.6 Å². The van der Waals surface area contributed by atoms with Crippen LogP contribution in [0.15, 0.2) is 42.5 Å². The first-order valence-corrected chi connectivity index (χ1v) is 7.44. The van der Waals surface area contributed by atoms with Crippen molar-refractivity contribution >= 4 is 34.6 Å². The lowest BCUT2D eigenvalue weighted by molar-refractivity contribution is -0.384. The van der Waals surface area contributed by atoms with Gasteiger partial charge in [0.1, 0.15) is 0 Å². The Kier molecular flexibility index (Phi) is 5.54. The van der Waals surface area contributed by atoms with Crippen molar-refractivity contribution in [2.45, 2.75) is 13.3 Å². The van der Waals surface area contributed by atoms with E-state index in [0.29, 0.717) is 5.69 Å². The Morgan fingerprint density at radius 1 is 1.22 bits per heavy atom. The number of nitro groups is 1. The number of nitrogens with zero attached hydrogens (tertiary/aromatic N) is 1. The summed E-state index contributed by atoms with van der Waals surface area (Å²) in [6, 6.07) is 11.6. The molecule has 6 nitrogen and oxygen atoms in total. The molecule has 2 aromatic carbocycles. The second-order valence-corrected chi connectivity index (χ2v) is 5.24. The number of para-hydroxylation sites is 1. The number of non-ortho nitro benzene ring substituents is 1. The van der Waals surface area contributed by atoms with Gasteiger partial charge >= 0.3 is 0 Å². The number of hydrogen-bond donors (Lipinski definition) is 2. The Balaban J connectivity index is 1.98. The Morgan fingerprint density at radius 3 is 2.61 bits per heavy atom. The largest absolute Gasteiger partial charge is 0.375 e. The Hall–Kier alpha value is -2.60. The molecule has 0 radical (unpaired) electrons. The molecule has 2 aromatic rings. The summed E-state index contributed by atoms with van der Waals surface area (Å²) in [7, 11) is 0. The monoisotopic (exact) mass is 333 g/mol. The van der Waals surface area contributed by atoms with Gasteiger partial charge in [-0.1, -0.05) is 36.7 Å². The smallest absolute Gasteiger partial charge is 0.271 e. The van der Waals surface area contributed by atoms with Crippen LogP contribution >= 0.6 is 11.6 Å². The van der Waals surface area contributed by atoms with Crippen LogP contribution in [0.3, 0.4) is 0 Å². The first kappa shape index (κ1) is 16.8. The van der Waals surface area contributed by atoms with Crippen LogP contribution in [0.5, 0.6) is 0 Å². The van der Waals surface area contributed by atoms with E-state index in [4.69, 9.17) is 11.6 Å². The molecule has 0 saturated carbocycles. The fourth-order valence-electron chi connectivity index (χ4n) is 2.08. The number of carbonyl (C=O) groups excluding carboxylic acids is 1. The van der Waals surface area contributed by atoms with Crippen molar-refractivity contribution < 1.29 is 9.72 Å². The van der Waals surface area contributed by atoms with Crippen molar-refractivity contribution in [2.24, 2.45) is 0 Å². The minimum Gasteiger partial charge on any atom is -0.375 e. The molecule has 0 fully saturated rings. The predicted octanol–water partition coefficient (Wildman–Crippen LogP) is 3.86. The highest BCUT2D eigenvalue weighted by atomic mass is 35.5. The Morgan fingerprint density at radius 2 is 1.96 bits per heavy atom. The summed E-state index contributed by atoms with van der Waals surface area (Å²) >= 11 is 5.97. The van der Waals surface area contributed by atoms with Gasteiger partial charge in [0.2, 0.25) is 5.91 Å². The lowest BCUT2D eigenvalue weighted by atomic mass is 10.1. The lowest BCUT2D eigenvalue weighted by Crippen LogP contribution is -2.22. The highest BCUT2D eigenvalue weighted by molar-refractivity contribution is 6.33. The molecule has 0 heterocycles. The maximum atomic E-state index is 12.0. The number of carbonyl (C=O) groups is 1. The first-order chi connectivity index (χ1) is 11.0. The van der Waals surface area contributed by atoms with E-state index in [1.807, 2.05) is 31.2 Å². The minimum atomic E-state index is -0.524. The summed E-state index contributed by atoms with van der Waals surface area (Å²) in [5.74, 6) is -0.222. The van der Waals surface area contributed by atoms with Gasteiger partial charge < -0.3 is 10.6 Å². The van der Waals surface area contributed by atoms with Gasteiger partial charge in [-0.25, -0.2) is 0 Å². The zero-order chi connectivity index (χ0) is 16.8. The van der Waals surface area contributed by atoms with Crippen LogP contribution in [0.1, 0.15) is 12.5 Å². The van der Waals surface area contributed by atoms with Gasteiger partial charge in [0.15, 0.2) is 0 Å². The molecule has 0 bridgehead atoms. The summed E-state index contributed by atoms with van der Waals surface area (Å²) in [4.78, 5) is 22.1. The highest BCUT2D eigenvalue weighted by Gasteiger charge is 2.11. The molecule has 2 rings (SSSR count). The molecule has 23 heavy (non-hydrogen) atoms. The topological polar surface area (TPSA) is 84.3 Å². The van der Waals surface area contributed by atoms with E-state index in [-0.39, 0.29) is 23.2 Å². The number of halogens is 1. The quantitative estimate of drug-likeness (QED) is 0.621. The van der Waals surface area contributed by atoms with Crippen molar-refractivity contribution in [1.29, 1.82) is 0 Å². The summed E-state index contributed by atoms with van der Waals surface area (Å²) < 4.78 is 0. The number of nitrogens with one attached hydrogen (secondary N) is 2. The molecule has 0 unspecified atom stereocenters. The minimum absolute atomic E-state index is 0.00950. The fraction of sp³-hybridized carbons (Fsp3) is 0.188. The molecule has 0 aliphatic heterocycles. The molecule has 0 aliphatic carbocycles. The molecule has 7 heteroatoms. The number of rotatable bonds is 6. The van der Waals surface area contributed by atoms with Gasteiger partial charge in [-0.2, -0.15) is 0 Å². The average molecular weight is 334 g/mol. The summed E-state index contributed by atoms with van der Waals surface area (Å²) in [6.45, 7) is 2.02. The van der Waals surface area contributed by atoms with Crippen molar-refractivity contribution in [3.05, 3.63) is 63.2 Å². The van der Waals surface area contributed by atoms with Crippen LogP contribution in [0.2, 0.25) is 5.02 Å². The van der Waals surface area contributed by atoms with Crippen molar-refractivity contribution in [3.8, 4) is 0 Å². The number of aryl methyl sites for hydroxylation is 1. The van der Waals surface area contributed by atoms with Crippen LogP contribution in [0, 0.1) is 10.1 Å². The zero-order valence-corrected chi connectivity index (χ0v) is 13.3. The number of hydrogen-bond acceptors (Lipinski definition) is 4. The van der Waals surface area contributed by atoms with Gasteiger partial charge in [0.25, 0.3) is 5.69 Å². The van der Waals surface area contributed by atoms with Gasteiger partial charge in [-0.3, -0.25) is 14.9 Å². The van der Waals surface area contributed by atoms with Crippen LogP contribution in [-0.2, 0) is 11.2 Å². The van der Waals surface area contributed by atoms with Crippen LogP contribution in [0.25, 0.3) is 0 Å². The second-order valence-electron chi connectivity index (χ2n) is 4.83. The van der Waals surface area contributed by atoms with Crippen molar-refractivity contribution in [2.75, 3.05) is 17.2 Å². The number of amides is 1. The average Bonchev–Trinajstić information content (AvgIpc) is 2.54. The number of anilines is 2. The van der Waals surface area contributed by atoms with E-state index < -0.39 is 4.92 Å². The van der Waals surface area contributed by atoms with Gasteiger partial charge in [0, 0.05) is 17.8 Å². The standard InChI is InChI=1S/C16H16ClN3O3/c1-2-11-5-3-4-6-14(11)19-16(21)10-18-15-8-7-12(20(22)23)9-13(15)17/h3-9,18H,2,10H2,1H3,(H,19,21). The first-order valence-electron chi connectivity index (χ1n) is 7.07. The molecular formula is C16H16ClN3O3. The molecular weight excluding hydrogens is 318 g/mol.